The number of hydrogen-bond acceptors (Lipinski definition) is 3. The second-order valence-electron chi connectivity index (χ2n) is 6.61. The number of fused-ring (bicyclic) bond motifs is 1. The highest BCUT2D eigenvalue weighted by molar-refractivity contribution is 9.10. The van der Waals surface area contributed by atoms with E-state index in [9.17, 15) is 4.79 Å². The lowest BCUT2D eigenvalue weighted by Crippen LogP contribution is -2.41. The SMILES string of the molecule is CN=C(NCCC(=O)N1CCc2sccc2C1)N(C)Cc1ccccc1Br. The van der Waals surface area contributed by atoms with Crippen LogP contribution < -0.4 is 5.32 Å². The summed E-state index contributed by atoms with van der Waals surface area (Å²) in [5, 5.41) is 5.42. The van der Waals surface area contributed by atoms with E-state index in [1.807, 2.05) is 30.1 Å². The Morgan fingerprint density at radius 3 is 2.96 bits per heavy atom. The first kappa shape index (κ1) is 19.9. The Labute approximate surface area is 173 Å². The lowest BCUT2D eigenvalue weighted by Gasteiger charge is -2.27. The minimum Gasteiger partial charge on any atom is -0.356 e. The van der Waals surface area contributed by atoms with Crippen LogP contribution in [0.3, 0.4) is 0 Å². The molecule has 5 nitrogen and oxygen atoms in total. The van der Waals surface area contributed by atoms with Crippen molar-refractivity contribution in [3.63, 3.8) is 0 Å². The van der Waals surface area contributed by atoms with Crippen molar-refractivity contribution < 1.29 is 4.79 Å². The molecule has 0 spiro atoms. The molecule has 0 aliphatic carbocycles. The molecule has 7 heteroatoms. The van der Waals surface area contributed by atoms with Crippen LogP contribution in [0.15, 0.2) is 45.2 Å². The lowest BCUT2D eigenvalue weighted by atomic mass is 10.1. The molecule has 0 radical (unpaired) electrons. The number of hydrogen-bond donors (Lipinski definition) is 1. The van der Waals surface area contributed by atoms with Crippen molar-refractivity contribution in [1.82, 2.24) is 15.1 Å². The van der Waals surface area contributed by atoms with E-state index in [4.69, 9.17) is 0 Å². The summed E-state index contributed by atoms with van der Waals surface area (Å²) in [6, 6.07) is 10.3. The average molecular weight is 449 g/mol. The van der Waals surface area contributed by atoms with Crippen molar-refractivity contribution in [2.24, 2.45) is 4.99 Å². The fraction of sp³-hybridized carbons (Fsp3) is 0.400. The van der Waals surface area contributed by atoms with Crippen LogP contribution in [0, 0.1) is 0 Å². The third-order valence-electron chi connectivity index (χ3n) is 4.72. The second kappa shape index (κ2) is 9.37. The second-order valence-corrected chi connectivity index (χ2v) is 8.46. The minimum absolute atomic E-state index is 0.197. The zero-order chi connectivity index (χ0) is 19.2. The first-order valence-electron chi connectivity index (χ1n) is 9.06. The van der Waals surface area contributed by atoms with E-state index in [0.29, 0.717) is 13.0 Å². The Hall–Kier alpha value is -1.86. The number of amides is 1. The molecule has 2 aromatic rings. The summed E-state index contributed by atoms with van der Waals surface area (Å²) in [5.74, 6) is 0.987. The van der Waals surface area contributed by atoms with Crippen LogP contribution in [0.25, 0.3) is 0 Å². The fourth-order valence-corrected chi connectivity index (χ4v) is 4.54. The molecule has 0 saturated heterocycles. The van der Waals surface area contributed by atoms with Crippen LogP contribution >= 0.6 is 27.3 Å². The molecule has 0 bridgehead atoms. The quantitative estimate of drug-likeness (QED) is 0.562. The summed E-state index contributed by atoms with van der Waals surface area (Å²) in [4.78, 5) is 22.3. The molecule has 27 heavy (non-hydrogen) atoms. The number of guanidine groups is 1. The zero-order valence-electron chi connectivity index (χ0n) is 15.7. The molecule has 1 amide bonds. The van der Waals surface area contributed by atoms with Crippen LogP contribution in [0.2, 0.25) is 0 Å². The Morgan fingerprint density at radius 1 is 1.37 bits per heavy atom. The van der Waals surface area contributed by atoms with E-state index in [-0.39, 0.29) is 5.91 Å². The van der Waals surface area contributed by atoms with E-state index in [1.54, 1.807) is 18.4 Å². The highest BCUT2D eigenvalue weighted by atomic mass is 79.9. The number of nitrogens with zero attached hydrogens (tertiary/aromatic N) is 3. The van der Waals surface area contributed by atoms with Crippen molar-refractivity contribution in [1.29, 1.82) is 0 Å². The topological polar surface area (TPSA) is 47.9 Å². The van der Waals surface area contributed by atoms with Gasteiger partial charge in [-0.2, -0.15) is 0 Å². The van der Waals surface area contributed by atoms with Crippen molar-refractivity contribution in [2.75, 3.05) is 27.2 Å². The van der Waals surface area contributed by atoms with E-state index >= 15 is 0 Å². The van der Waals surface area contributed by atoms with Crippen LogP contribution in [0.1, 0.15) is 22.4 Å². The van der Waals surface area contributed by atoms with E-state index in [2.05, 4.69) is 48.7 Å². The highest BCUT2D eigenvalue weighted by Gasteiger charge is 2.21. The van der Waals surface area contributed by atoms with Gasteiger partial charge in [-0.3, -0.25) is 9.79 Å². The Balaban J connectivity index is 1.47. The Kier molecular flexibility index (Phi) is 6.90. The third-order valence-corrected chi connectivity index (χ3v) is 6.52. The average Bonchev–Trinajstić information content (AvgIpc) is 3.14. The van der Waals surface area contributed by atoms with Crippen LogP contribution in [-0.4, -0.2) is 48.9 Å². The number of halogens is 1. The van der Waals surface area contributed by atoms with Gasteiger partial charge in [0.05, 0.1) is 0 Å². The molecule has 2 heterocycles. The van der Waals surface area contributed by atoms with Gasteiger partial charge in [0, 0.05) is 56.0 Å². The smallest absolute Gasteiger partial charge is 0.224 e. The molecule has 144 valence electrons. The van der Waals surface area contributed by atoms with Gasteiger partial charge in [0.1, 0.15) is 0 Å². The van der Waals surface area contributed by atoms with E-state index in [1.165, 1.54) is 16.0 Å². The maximum atomic E-state index is 12.5. The van der Waals surface area contributed by atoms with Gasteiger partial charge in [0.25, 0.3) is 0 Å². The third kappa shape index (κ3) is 5.11. The van der Waals surface area contributed by atoms with Crippen molar-refractivity contribution >= 4 is 39.1 Å². The van der Waals surface area contributed by atoms with Gasteiger partial charge in [-0.25, -0.2) is 0 Å². The van der Waals surface area contributed by atoms with Crippen LogP contribution in [0.5, 0.6) is 0 Å². The molecular weight excluding hydrogens is 424 g/mol. The summed E-state index contributed by atoms with van der Waals surface area (Å²) in [6.45, 7) is 2.89. The number of nitrogens with one attached hydrogen (secondary N) is 1. The van der Waals surface area contributed by atoms with Crippen LogP contribution in [0.4, 0.5) is 0 Å². The summed E-state index contributed by atoms with van der Waals surface area (Å²) < 4.78 is 1.08. The number of aliphatic imine (C=N–C) groups is 1. The lowest BCUT2D eigenvalue weighted by molar-refractivity contribution is -0.131. The number of rotatable bonds is 5. The van der Waals surface area contributed by atoms with Gasteiger partial charge in [-0.15, -0.1) is 11.3 Å². The van der Waals surface area contributed by atoms with Gasteiger partial charge in [0.2, 0.25) is 5.91 Å². The highest BCUT2D eigenvalue weighted by Crippen LogP contribution is 2.24. The zero-order valence-corrected chi connectivity index (χ0v) is 18.1. The molecule has 1 aliphatic heterocycles. The number of carbonyl (C=O) groups excluding carboxylic acids is 1. The van der Waals surface area contributed by atoms with Crippen molar-refractivity contribution in [2.45, 2.75) is 25.9 Å². The molecule has 3 rings (SSSR count). The largest absolute Gasteiger partial charge is 0.356 e. The molecule has 1 aliphatic rings. The first-order valence-corrected chi connectivity index (χ1v) is 10.7. The number of carbonyl (C=O) groups is 1. The minimum atomic E-state index is 0.197. The van der Waals surface area contributed by atoms with Gasteiger partial charge in [0.15, 0.2) is 5.96 Å². The Bertz CT molecular complexity index is 820. The molecule has 1 N–H and O–H groups in total. The van der Waals surface area contributed by atoms with E-state index in [0.717, 1.165) is 36.5 Å². The molecule has 0 atom stereocenters. The monoisotopic (exact) mass is 448 g/mol. The normalized spacial score (nSPS) is 14.0. The molecule has 1 aromatic carbocycles. The Morgan fingerprint density at radius 2 is 2.19 bits per heavy atom. The molecule has 0 saturated carbocycles. The predicted molar refractivity (Wildman–Crippen MR) is 115 cm³/mol. The van der Waals surface area contributed by atoms with Gasteiger partial charge >= 0.3 is 0 Å². The van der Waals surface area contributed by atoms with Crippen molar-refractivity contribution in [3.05, 3.63) is 56.2 Å². The molecular formula is C20H25BrN4OS. The van der Waals surface area contributed by atoms with Gasteiger partial charge in [-0.1, -0.05) is 34.1 Å². The maximum absolute atomic E-state index is 12.5. The number of benzene rings is 1. The summed E-state index contributed by atoms with van der Waals surface area (Å²) >= 11 is 5.38. The standard InChI is InChI=1S/C20H25BrN4OS/c1-22-20(24(2)13-15-5-3-4-6-17(15)21)23-10-7-19(26)25-11-8-18-16(14-25)9-12-27-18/h3-6,9,12H,7-8,10-11,13-14H2,1-2H3,(H,22,23). The first-order chi connectivity index (χ1) is 13.1. The predicted octanol–water partition coefficient (Wildman–Crippen LogP) is 3.49. The van der Waals surface area contributed by atoms with Crippen molar-refractivity contribution in [3.8, 4) is 0 Å². The molecule has 0 fully saturated rings. The van der Waals surface area contributed by atoms with E-state index < -0.39 is 0 Å². The molecule has 1 aromatic heterocycles. The van der Waals surface area contributed by atoms with Gasteiger partial charge in [-0.05, 0) is 35.1 Å². The summed E-state index contributed by atoms with van der Waals surface area (Å²) in [7, 11) is 3.77. The summed E-state index contributed by atoms with van der Waals surface area (Å²) in [5.41, 5.74) is 2.50. The number of thiophene rings is 1. The fourth-order valence-electron chi connectivity index (χ4n) is 3.24. The van der Waals surface area contributed by atoms with Gasteiger partial charge < -0.3 is 15.1 Å². The summed E-state index contributed by atoms with van der Waals surface area (Å²) in [6.07, 6.45) is 1.45. The van der Waals surface area contributed by atoms with Crippen LogP contribution in [-0.2, 0) is 24.3 Å². The molecule has 0 unspecified atom stereocenters. The maximum Gasteiger partial charge on any atom is 0.224 e.